The van der Waals surface area contributed by atoms with Gasteiger partial charge in [-0.25, -0.2) is 14.5 Å². The van der Waals surface area contributed by atoms with Crippen molar-refractivity contribution in [2.24, 2.45) is 5.10 Å². The van der Waals surface area contributed by atoms with Crippen LogP contribution in [-0.4, -0.2) is 42.2 Å². The van der Waals surface area contributed by atoms with Crippen LogP contribution in [0.25, 0.3) is 0 Å². The summed E-state index contributed by atoms with van der Waals surface area (Å²) in [7, 11) is 1.35. The Labute approximate surface area is 174 Å². The fourth-order valence-electron chi connectivity index (χ4n) is 2.62. The first-order valence-electron chi connectivity index (χ1n) is 9.45. The summed E-state index contributed by atoms with van der Waals surface area (Å²) >= 11 is 0. The quantitative estimate of drug-likeness (QED) is 0.331. The van der Waals surface area contributed by atoms with Gasteiger partial charge in [-0.05, 0) is 61.0 Å². The monoisotopic (exact) mass is 408 g/mol. The molecule has 0 unspecified atom stereocenters. The number of carbonyl (C=O) groups is 1. The van der Waals surface area contributed by atoms with Crippen LogP contribution in [0.15, 0.2) is 59.8 Å². The highest BCUT2D eigenvalue weighted by atomic mass is 16.5. The molecular weight excluding hydrogens is 384 g/mol. The van der Waals surface area contributed by atoms with Gasteiger partial charge in [0, 0.05) is 6.42 Å². The van der Waals surface area contributed by atoms with Crippen LogP contribution in [0.4, 0.5) is 5.95 Å². The summed E-state index contributed by atoms with van der Waals surface area (Å²) in [6.45, 7) is 2.90. The van der Waals surface area contributed by atoms with E-state index < -0.39 is 0 Å². The minimum absolute atomic E-state index is 0.352. The van der Waals surface area contributed by atoms with Gasteiger partial charge in [-0.1, -0.05) is 0 Å². The lowest BCUT2D eigenvalue weighted by atomic mass is 10.2. The van der Waals surface area contributed by atoms with Gasteiger partial charge in [-0.15, -0.1) is 0 Å². The molecule has 0 radical (unpaired) electrons. The first kappa shape index (κ1) is 20.9. The molecule has 0 fully saturated rings. The molecule has 0 aliphatic carbocycles. The maximum Gasteiger partial charge on any atom is 0.337 e. The number of esters is 1. The zero-order chi connectivity index (χ0) is 21.3. The summed E-state index contributed by atoms with van der Waals surface area (Å²) in [6.07, 6.45) is 4.20. The Morgan fingerprint density at radius 2 is 1.67 bits per heavy atom. The minimum Gasteiger partial charge on any atom is -0.493 e. The molecule has 8 heteroatoms. The minimum atomic E-state index is -0.367. The molecule has 0 amide bonds. The van der Waals surface area contributed by atoms with Gasteiger partial charge < -0.3 is 19.9 Å². The van der Waals surface area contributed by atoms with E-state index in [-0.39, 0.29) is 5.97 Å². The van der Waals surface area contributed by atoms with E-state index in [1.165, 1.54) is 11.8 Å². The summed E-state index contributed by atoms with van der Waals surface area (Å²) in [6, 6.07) is 14.4. The zero-order valence-electron chi connectivity index (χ0n) is 16.9. The average Bonchev–Trinajstić information content (AvgIpc) is 3.09. The van der Waals surface area contributed by atoms with Crippen molar-refractivity contribution < 1.29 is 19.0 Å². The number of anilines is 1. The topological polar surface area (TPSA) is 101 Å². The number of nitrogens with zero attached hydrogens (tertiary/aromatic N) is 3. The lowest BCUT2D eigenvalue weighted by Gasteiger charge is -2.08. The van der Waals surface area contributed by atoms with E-state index in [1.54, 1.807) is 36.7 Å². The van der Waals surface area contributed by atoms with E-state index in [4.69, 9.17) is 15.2 Å². The molecule has 0 bridgehead atoms. The van der Waals surface area contributed by atoms with Gasteiger partial charge in [0.1, 0.15) is 11.5 Å². The van der Waals surface area contributed by atoms with E-state index in [0.29, 0.717) is 30.5 Å². The molecule has 0 saturated carbocycles. The summed E-state index contributed by atoms with van der Waals surface area (Å²) < 4.78 is 17.6. The number of nitrogen functional groups attached to an aromatic ring is 1. The van der Waals surface area contributed by atoms with Gasteiger partial charge in [-0.3, -0.25) is 0 Å². The van der Waals surface area contributed by atoms with Crippen molar-refractivity contribution >= 4 is 18.1 Å². The van der Waals surface area contributed by atoms with E-state index in [2.05, 4.69) is 14.8 Å². The Bertz CT molecular complexity index is 995. The second kappa shape index (κ2) is 10.1. The highest BCUT2D eigenvalue weighted by Gasteiger charge is 2.04. The van der Waals surface area contributed by atoms with Crippen molar-refractivity contribution in [3.8, 4) is 11.5 Å². The molecular formula is C22H24N4O4. The first-order chi connectivity index (χ1) is 14.5. The Morgan fingerprint density at radius 1 is 1.07 bits per heavy atom. The van der Waals surface area contributed by atoms with Crippen LogP contribution in [-0.2, 0) is 4.74 Å². The number of nitrogens with two attached hydrogens (primary N) is 1. The third-order valence-electron chi connectivity index (χ3n) is 4.15. The standard InChI is InChI=1S/C22H24N4O4/c1-16-15-26(22(23)25-16)24-14-17-4-8-19(9-5-17)29-12-3-13-30-20-10-6-18(7-11-20)21(27)28-2/h4-11,14-15H,3,12-13H2,1-2H3,(H2,23,25). The molecule has 8 nitrogen and oxygen atoms in total. The van der Waals surface area contributed by atoms with Gasteiger partial charge in [-0.2, -0.15) is 5.10 Å². The molecule has 0 saturated heterocycles. The van der Waals surface area contributed by atoms with Crippen molar-refractivity contribution in [1.29, 1.82) is 0 Å². The number of hydrogen-bond acceptors (Lipinski definition) is 7. The van der Waals surface area contributed by atoms with Gasteiger partial charge in [0.05, 0.1) is 44.0 Å². The lowest BCUT2D eigenvalue weighted by Crippen LogP contribution is -2.05. The number of benzene rings is 2. The Kier molecular flexibility index (Phi) is 7.05. The molecule has 0 aliphatic heterocycles. The van der Waals surface area contributed by atoms with Crippen LogP contribution in [0.2, 0.25) is 0 Å². The molecule has 156 valence electrons. The number of carbonyl (C=O) groups excluding carboxylic acids is 1. The SMILES string of the molecule is COC(=O)c1ccc(OCCCOc2ccc(C=Nn3cc(C)nc3N)cc2)cc1. The Morgan fingerprint density at radius 3 is 2.20 bits per heavy atom. The van der Waals surface area contributed by atoms with E-state index in [1.807, 2.05) is 31.2 Å². The molecule has 1 aromatic heterocycles. The van der Waals surface area contributed by atoms with Crippen LogP contribution in [0.1, 0.15) is 28.0 Å². The summed E-state index contributed by atoms with van der Waals surface area (Å²) in [5.41, 5.74) is 7.99. The van der Waals surface area contributed by atoms with Crippen LogP contribution in [0.3, 0.4) is 0 Å². The largest absolute Gasteiger partial charge is 0.493 e. The van der Waals surface area contributed by atoms with Crippen molar-refractivity contribution in [1.82, 2.24) is 9.66 Å². The van der Waals surface area contributed by atoms with E-state index in [9.17, 15) is 4.79 Å². The Balaban J connectivity index is 1.39. The van der Waals surface area contributed by atoms with E-state index in [0.717, 1.165) is 23.4 Å². The molecule has 2 aromatic carbocycles. The summed E-state index contributed by atoms with van der Waals surface area (Å²) in [5.74, 6) is 1.45. The van der Waals surface area contributed by atoms with E-state index >= 15 is 0 Å². The fraction of sp³-hybridized carbons (Fsp3) is 0.227. The molecule has 3 aromatic rings. The summed E-state index contributed by atoms with van der Waals surface area (Å²) in [4.78, 5) is 15.5. The average molecular weight is 408 g/mol. The predicted octanol–water partition coefficient (Wildman–Crippen LogP) is 3.29. The first-order valence-corrected chi connectivity index (χ1v) is 9.45. The second-order valence-corrected chi connectivity index (χ2v) is 6.47. The molecule has 30 heavy (non-hydrogen) atoms. The smallest absolute Gasteiger partial charge is 0.337 e. The predicted molar refractivity (Wildman–Crippen MR) is 114 cm³/mol. The number of aromatic nitrogens is 2. The third-order valence-corrected chi connectivity index (χ3v) is 4.15. The number of hydrogen-bond donors (Lipinski definition) is 1. The number of ether oxygens (including phenoxy) is 3. The normalized spacial score (nSPS) is 10.9. The lowest BCUT2D eigenvalue weighted by molar-refractivity contribution is 0.0600. The maximum absolute atomic E-state index is 11.4. The number of aryl methyl sites for hydroxylation is 1. The van der Waals surface area contributed by atoms with Crippen molar-refractivity contribution in [2.45, 2.75) is 13.3 Å². The highest BCUT2D eigenvalue weighted by Crippen LogP contribution is 2.14. The van der Waals surface area contributed by atoms with Crippen LogP contribution in [0.5, 0.6) is 11.5 Å². The highest BCUT2D eigenvalue weighted by molar-refractivity contribution is 5.89. The second-order valence-electron chi connectivity index (χ2n) is 6.47. The van der Waals surface area contributed by atoms with Gasteiger partial charge in [0.15, 0.2) is 0 Å². The molecule has 0 aliphatic rings. The molecule has 3 rings (SSSR count). The van der Waals surface area contributed by atoms with Crippen molar-refractivity contribution in [3.05, 3.63) is 71.5 Å². The molecule has 2 N–H and O–H groups in total. The number of rotatable bonds is 9. The fourth-order valence-corrected chi connectivity index (χ4v) is 2.62. The van der Waals surface area contributed by atoms with Crippen LogP contribution in [0, 0.1) is 6.92 Å². The zero-order valence-corrected chi connectivity index (χ0v) is 16.9. The van der Waals surface area contributed by atoms with Crippen molar-refractivity contribution in [3.63, 3.8) is 0 Å². The number of methoxy groups -OCH3 is 1. The van der Waals surface area contributed by atoms with Crippen LogP contribution < -0.4 is 15.2 Å². The number of imidazole rings is 1. The Hall–Kier alpha value is -3.81. The van der Waals surface area contributed by atoms with Crippen molar-refractivity contribution in [2.75, 3.05) is 26.1 Å². The molecule has 0 atom stereocenters. The van der Waals surface area contributed by atoms with Gasteiger partial charge >= 0.3 is 5.97 Å². The van der Waals surface area contributed by atoms with Gasteiger partial charge in [0.25, 0.3) is 0 Å². The third kappa shape index (κ3) is 5.84. The molecule has 0 spiro atoms. The maximum atomic E-state index is 11.4. The summed E-state index contributed by atoms with van der Waals surface area (Å²) in [5, 5.41) is 4.28. The molecule has 1 heterocycles. The van der Waals surface area contributed by atoms with Gasteiger partial charge in [0.2, 0.25) is 5.95 Å². The van der Waals surface area contributed by atoms with Crippen LogP contribution >= 0.6 is 0 Å².